The molecule has 2 saturated heterocycles. The van der Waals surface area contributed by atoms with E-state index >= 15 is 0 Å². The van der Waals surface area contributed by atoms with E-state index in [-0.39, 0.29) is 11.3 Å². The number of nitrogens with zero attached hydrogens (tertiary/aromatic N) is 2. The van der Waals surface area contributed by atoms with Crippen LogP contribution < -0.4 is 14.2 Å². The molecule has 222 valence electrons. The molecular formula is C32H42N2O7. The van der Waals surface area contributed by atoms with Gasteiger partial charge >= 0.3 is 0 Å². The zero-order valence-electron chi connectivity index (χ0n) is 24.4. The van der Waals surface area contributed by atoms with Crippen LogP contribution in [0.1, 0.15) is 56.7 Å². The molecule has 0 aromatic heterocycles. The first-order valence-electron chi connectivity index (χ1n) is 14.6. The van der Waals surface area contributed by atoms with Crippen LogP contribution in [0.4, 0.5) is 0 Å². The average Bonchev–Trinajstić information content (AvgIpc) is 3.25. The minimum Gasteiger partial charge on any atom is -0.507 e. The average molecular weight is 567 g/mol. The maximum Gasteiger partial charge on any atom is 0.295 e. The number of aliphatic hydroxyl groups is 1. The highest BCUT2D eigenvalue weighted by molar-refractivity contribution is 6.46. The van der Waals surface area contributed by atoms with E-state index in [0.717, 1.165) is 38.9 Å². The van der Waals surface area contributed by atoms with Gasteiger partial charge in [-0.15, -0.1) is 0 Å². The summed E-state index contributed by atoms with van der Waals surface area (Å²) in [5.74, 6) is 0.246. The van der Waals surface area contributed by atoms with Crippen molar-refractivity contribution >= 4 is 17.4 Å². The Morgan fingerprint density at radius 3 is 2.39 bits per heavy atom. The highest BCUT2D eigenvalue weighted by atomic mass is 16.5. The van der Waals surface area contributed by atoms with Crippen LogP contribution in [0.15, 0.2) is 48.0 Å². The molecule has 0 saturated carbocycles. The van der Waals surface area contributed by atoms with Crippen LogP contribution in [-0.4, -0.2) is 86.3 Å². The summed E-state index contributed by atoms with van der Waals surface area (Å²) in [6.45, 7) is 9.27. The number of carbonyl (C=O) groups excluding carboxylic acids is 2. The summed E-state index contributed by atoms with van der Waals surface area (Å²) in [6.07, 6.45) is 3.79. The maximum atomic E-state index is 13.5. The third kappa shape index (κ3) is 7.40. The molecule has 2 aliphatic heterocycles. The number of methoxy groups -OCH3 is 1. The van der Waals surface area contributed by atoms with Gasteiger partial charge in [0.15, 0.2) is 11.5 Å². The topological polar surface area (TPSA) is 97.8 Å². The number of rotatable bonds is 14. The molecular weight excluding hydrogens is 524 g/mol. The lowest BCUT2D eigenvalue weighted by molar-refractivity contribution is -0.140. The van der Waals surface area contributed by atoms with Gasteiger partial charge in [0.05, 0.1) is 45.2 Å². The number of aliphatic hydroxyl groups excluding tert-OH is 1. The predicted molar refractivity (Wildman–Crippen MR) is 157 cm³/mol. The molecule has 4 rings (SSSR count). The van der Waals surface area contributed by atoms with Gasteiger partial charge in [-0.3, -0.25) is 14.5 Å². The third-order valence-electron chi connectivity index (χ3n) is 7.47. The number of carbonyl (C=O) groups is 2. The van der Waals surface area contributed by atoms with E-state index in [4.69, 9.17) is 18.9 Å². The summed E-state index contributed by atoms with van der Waals surface area (Å²) in [4.78, 5) is 30.8. The lowest BCUT2D eigenvalue weighted by atomic mass is 9.95. The van der Waals surface area contributed by atoms with Gasteiger partial charge in [0, 0.05) is 31.7 Å². The normalized spacial score (nSPS) is 19.0. The number of Topliss-reactive ketones (excluding diaryl/α,β-unsaturated/α-hetero) is 1. The second kappa shape index (κ2) is 14.9. The highest BCUT2D eigenvalue weighted by Gasteiger charge is 2.46. The van der Waals surface area contributed by atoms with E-state index in [2.05, 4.69) is 11.8 Å². The Bertz CT molecular complexity index is 1210. The van der Waals surface area contributed by atoms with E-state index < -0.39 is 17.7 Å². The molecule has 1 unspecified atom stereocenters. The van der Waals surface area contributed by atoms with Crippen molar-refractivity contribution in [2.75, 3.05) is 59.7 Å². The molecule has 9 nitrogen and oxygen atoms in total. The number of likely N-dealkylation sites (tertiary alicyclic amines) is 1. The van der Waals surface area contributed by atoms with Gasteiger partial charge in [-0.25, -0.2) is 0 Å². The van der Waals surface area contributed by atoms with Gasteiger partial charge in [-0.1, -0.05) is 25.8 Å². The number of ether oxygens (including phenoxy) is 4. The van der Waals surface area contributed by atoms with Crippen LogP contribution in [0.5, 0.6) is 17.2 Å². The van der Waals surface area contributed by atoms with E-state index in [1.807, 2.05) is 25.1 Å². The fourth-order valence-corrected chi connectivity index (χ4v) is 5.27. The second-order valence-electron chi connectivity index (χ2n) is 10.2. The van der Waals surface area contributed by atoms with Gasteiger partial charge in [-0.05, 0) is 61.7 Å². The van der Waals surface area contributed by atoms with Crippen molar-refractivity contribution in [3.8, 4) is 17.2 Å². The Kier molecular flexibility index (Phi) is 11.0. The lowest BCUT2D eigenvalue weighted by Gasteiger charge is -2.29. The largest absolute Gasteiger partial charge is 0.507 e. The molecule has 1 N–H and O–H groups in total. The molecule has 0 spiro atoms. The first-order valence-corrected chi connectivity index (χ1v) is 14.6. The monoisotopic (exact) mass is 566 g/mol. The minimum atomic E-state index is -0.768. The van der Waals surface area contributed by atoms with Crippen molar-refractivity contribution in [2.45, 2.75) is 45.6 Å². The summed E-state index contributed by atoms with van der Waals surface area (Å²) in [7, 11) is 1.56. The minimum absolute atomic E-state index is 0.0607. The SMILES string of the molecule is CCCCCOc1ccc(C2C(=C(O)c3ccc(OC)cc3)C(=O)C(=O)N2CCCN2CCOCC2)cc1OCC. The zero-order chi connectivity index (χ0) is 29.2. The van der Waals surface area contributed by atoms with Gasteiger partial charge < -0.3 is 29.0 Å². The van der Waals surface area contributed by atoms with Crippen LogP contribution in [0, 0.1) is 0 Å². The van der Waals surface area contributed by atoms with Crippen molar-refractivity contribution in [1.29, 1.82) is 0 Å². The third-order valence-corrected chi connectivity index (χ3v) is 7.47. The summed E-state index contributed by atoms with van der Waals surface area (Å²) in [5, 5.41) is 11.4. The van der Waals surface area contributed by atoms with Gasteiger partial charge in [0.1, 0.15) is 11.5 Å². The standard InChI is InChI=1S/C32H42N2O7/c1-4-6-7-19-41-26-14-11-24(22-27(26)40-5-2)29-28(30(35)23-9-12-25(38-3)13-10-23)31(36)32(37)34(29)16-8-15-33-17-20-39-21-18-33/h9-14,22,29,35H,4-8,15-21H2,1-3H3. The van der Waals surface area contributed by atoms with E-state index in [1.165, 1.54) is 0 Å². The first-order chi connectivity index (χ1) is 20.0. The number of hydrogen-bond acceptors (Lipinski definition) is 8. The summed E-state index contributed by atoms with van der Waals surface area (Å²) < 4.78 is 22.6. The number of benzene rings is 2. The zero-order valence-corrected chi connectivity index (χ0v) is 24.4. The molecule has 9 heteroatoms. The molecule has 0 aliphatic carbocycles. The fraction of sp³-hybridized carbons (Fsp3) is 0.500. The van der Waals surface area contributed by atoms with Crippen molar-refractivity contribution in [2.24, 2.45) is 0 Å². The van der Waals surface area contributed by atoms with Crippen molar-refractivity contribution in [1.82, 2.24) is 9.80 Å². The Hall–Kier alpha value is -3.56. The van der Waals surface area contributed by atoms with E-state index in [1.54, 1.807) is 36.3 Å². The summed E-state index contributed by atoms with van der Waals surface area (Å²) in [6, 6.07) is 11.5. The lowest BCUT2D eigenvalue weighted by Crippen LogP contribution is -2.39. The quantitative estimate of drug-likeness (QED) is 0.151. The Morgan fingerprint density at radius 2 is 1.71 bits per heavy atom. The Morgan fingerprint density at radius 1 is 0.951 bits per heavy atom. The Balaban J connectivity index is 1.69. The van der Waals surface area contributed by atoms with Crippen LogP contribution in [-0.2, 0) is 14.3 Å². The van der Waals surface area contributed by atoms with Crippen LogP contribution in [0.2, 0.25) is 0 Å². The summed E-state index contributed by atoms with van der Waals surface area (Å²) >= 11 is 0. The number of amides is 1. The van der Waals surface area contributed by atoms with Gasteiger partial charge in [-0.2, -0.15) is 0 Å². The Labute approximate surface area is 242 Å². The molecule has 0 bridgehead atoms. The number of unbranched alkanes of at least 4 members (excludes halogenated alkanes) is 2. The predicted octanol–water partition coefficient (Wildman–Crippen LogP) is 4.81. The van der Waals surface area contributed by atoms with E-state index in [9.17, 15) is 14.7 Å². The molecule has 41 heavy (non-hydrogen) atoms. The number of hydrogen-bond donors (Lipinski definition) is 1. The maximum absolute atomic E-state index is 13.5. The molecule has 2 heterocycles. The van der Waals surface area contributed by atoms with Gasteiger partial charge in [0.25, 0.3) is 11.7 Å². The van der Waals surface area contributed by atoms with Crippen LogP contribution >= 0.6 is 0 Å². The molecule has 2 aromatic rings. The molecule has 2 fully saturated rings. The van der Waals surface area contributed by atoms with Crippen molar-refractivity contribution in [3.63, 3.8) is 0 Å². The molecule has 2 aromatic carbocycles. The van der Waals surface area contributed by atoms with Gasteiger partial charge in [0.2, 0.25) is 0 Å². The highest BCUT2D eigenvalue weighted by Crippen LogP contribution is 2.42. The van der Waals surface area contributed by atoms with Crippen LogP contribution in [0.3, 0.4) is 0 Å². The second-order valence-corrected chi connectivity index (χ2v) is 10.2. The number of ketones is 1. The van der Waals surface area contributed by atoms with Crippen molar-refractivity contribution in [3.05, 3.63) is 59.2 Å². The smallest absolute Gasteiger partial charge is 0.295 e. The fourth-order valence-electron chi connectivity index (χ4n) is 5.27. The molecule has 2 aliphatic rings. The molecule has 0 radical (unpaired) electrons. The first kappa shape index (κ1) is 30.4. The summed E-state index contributed by atoms with van der Waals surface area (Å²) in [5.41, 5.74) is 1.17. The van der Waals surface area contributed by atoms with E-state index in [0.29, 0.717) is 67.8 Å². The number of morpholine rings is 1. The van der Waals surface area contributed by atoms with Crippen molar-refractivity contribution < 1.29 is 33.6 Å². The van der Waals surface area contributed by atoms with Crippen LogP contribution in [0.25, 0.3) is 5.76 Å². The molecule has 1 atom stereocenters. The molecule has 1 amide bonds.